The summed E-state index contributed by atoms with van der Waals surface area (Å²) in [5.41, 5.74) is 5.23. The highest BCUT2D eigenvalue weighted by atomic mass is 16.5. The van der Waals surface area contributed by atoms with Gasteiger partial charge in [-0.2, -0.15) is 0 Å². The number of hydrogen-bond donors (Lipinski definition) is 2. The van der Waals surface area contributed by atoms with Crippen molar-refractivity contribution in [1.82, 2.24) is 5.32 Å². The molecule has 1 fully saturated rings. The van der Waals surface area contributed by atoms with Gasteiger partial charge in [-0.05, 0) is 19.5 Å². The van der Waals surface area contributed by atoms with E-state index in [-0.39, 0.29) is 6.10 Å². The lowest BCUT2D eigenvalue weighted by molar-refractivity contribution is 0.132. The van der Waals surface area contributed by atoms with Crippen molar-refractivity contribution in [3.05, 3.63) is 12.5 Å². The maximum Gasteiger partial charge on any atom is 0.176 e. The smallest absolute Gasteiger partial charge is 0.176 e. The maximum absolute atomic E-state index is 5.23. The van der Waals surface area contributed by atoms with E-state index >= 15 is 0 Å². The Kier molecular flexibility index (Phi) is 1.95. The molecule has 0 amide bonds. The highest BCUT2D eigenvalue weighted by Crippen LogP contribution is 2.04. The summed E-state index contributed by atoms with van der Waals surface area (Å²) in [5.74, 6) is 0.323. The molecule has 3 heteroatoms. The predicted octanol–water partition coefficient (Wildman–Crippen LogP) is -0.205. The molecule has 1 unspecified atom stereocenters. The van der Waals surface area contributed by atoms with Crippen molar-refractivity contribution in [1.29, 1.82) is 0 Å². The maximum atomic E-state index is 5.23. The molecule has 1 atom stereocenters. The van der Waals surface area contributed by atoms with Crippen LogP contribution in [0.25, 0.3) is 0 Å². The van der Waals surface area contributed by atoms with Crippen LogP contribution < -0.4 is 11.1 Å². The third kappa shape index (κ3) is 1.93. The van der Waals surface area contributed by atoms with Crippen LogP contribution in [-0.4, -0.2) is 19.2 Å². The lowest BCUT2D eigenvalue weighted by atomic mass is 10.3. The van der Waals surface area contributed by atoms with Gasteiger partial charge in [0.1, 0.15) is 6.10 Å². The lowest BCUT2D eigenvalue weighted by Crippen LogP contribution is -2.18. The van der Waals surface area contributed by atoms with E-state index < -0.39 is 0 Å². The van der Waals surface area contributed by atoms with E-state index in [1.807, 2.05) is 0 Å². The van der Waals surface area contributed by atoms with Gasteiger partial charge in [-0.3, -0.25) is 0 Å². The molecule has 0 spiro atoms. The van der Waals surface area contributed by atoms with Crippen LogP contribution in [0.5, 0.6) is 0 Å². The second-order valence-electron chi connectivity index (χ2n) is 2.20. The van der Waals surface area contributed by atoms with E-state index in [2.05, 4.69) is 11.9 Å². The quantitative estimate of drug-likeness (QED) is 0.506. The summed E-state index contributed by atoms with van der Waals surface area (Å²) in [4.78, 5) is 0. The number of nitrogens with two attached hydrogens (primary N) is 1. The second-order valence-corrected chi connectivity index (χ2v) is 2.20. The van der Waals surface area contributed by atoms with E-state index in [9.17, 15) is 0 Å². The molecule has 0 radical (unpaired) electrons. The van der Waals surface area contributed by atoms with Crippen LogP contribution in [0.3, 0.4) is 0 Å². The molecule has 1 aliphatic heterocycles. The molecule has 3 nitrogen and oxygen atoms in total. The topological polar surface area (TPSA) is 47.3 Å². The van der Waals surface area contributed by atoms with Crippen LogP contribution in [0.15, 0.2) is 12.5 Å². The fraction of sp³-hybridized carbons (Fsp3) is 0.667. The highest BCUT2D eigenvalue weighted by molar-refractivity contribution is 4.79. The Bertz CT molecular complexity index is 108. The van der Waals surface area contributed by atoms with Crippen LogP contribution in [-0.2, 0) is 4.74 Å². The molecular weight excluding hydrogens is 116 g/mol. The molecule has 1 saturated heterocycles. The third-order valence-electron chi connectivity index (χ3n) is 1.33. The van der Waals surface area contributed by atoms with E-state index in [0.29, 0.717) is 5.88 Å². The van der Waals surface area contributed by atoms with Crippen molar-refractivity contribution in [3.8, 4) is 0 Å². The van der Waals surface area contributed by atoms with Crippen molar-refractivity contribution in [2.24, 2.45) is 5.73 Å². The zero-order chi connectivity index (χ0) is 6.69. The Labute approximate surface area is 54.9 Å². The Morgan fingerprint density at radius 3 is 3.00 bits per heavy atom. The molecule has 52 valence electrons. The fourth-order valence-corrected chi connectivity index (χ4v) is 0.943. The van der Waals surface area contributed by atoms with Crippen LogP contribution in [0.2, 0.25) is 0 Å². The van der Waals surface area contributed by atoms with Gasteiger partial charge in [0, 0.05) is 6.54 Å². The van der Waals surface area contributed by atoms with Crippen LogP contribution >= 0.6 is 0 Å². The standard InChI is InChI=1S/C6H12N2O/c1-5(7)9-6-2-3-8-4-6/h6,8H,1-4,7H2. The Hall–Kier alpha value is -0.700. The van der Waals surface area contributed by atoms with Crippen molar-refractivity contribution in [2.45, 2.75) is 12.5 Å². The summed E-state index contributed by atoms with van der Waals surface area (Å²) in [6, 6.07) is 0. The molecule has 0 saturated carbocycles. The summed E-state index contributed by atoms with van der Waals surface area (Å²) in [5, 5.41) is 3.16. The number of rotatable bonds is 2. The molecule has 9 heavy (non-hydrogen) atoms. The molecule has 1 rings (SSSR count). The van der Waals surface area contributed by atoms with Crippen LogP contribution in [0.1, 0.15) is 6.42 Å². The summed E-state index contributed by atoms with van der Waals surface area (Å²) in [6.07, 6.45) is 1.29. The first-order chi connectivity index (χ1) is 4.29. The molecule has 3 N–H and O–H groups in total. The Morgan fingerprint density at radius 1 is 1.78 bits per heavy atom. The normalized spacial score (nSPS) is 26.0. The van der Waals surface area contributed by atoms with E-state index in [0.717, 1.165) is 19.5 Å². The van der Waals surface area contributed by atoms with E-state index in [4.69, 9.17) is 10.5 Å². The molecule has 1 heterocycles. The van der Waals surface area contributed by atoms with Crippen molar-refractivity contribution >= 4 is 0 Å². The van der Waals surface area contributed by atoms with Crippen LogP contribution in [0.4, 0.5) is 0 Å². The minimum Gasteiger partial charge on any atom is -0.475 e. The van der Waals surface area contributed by atoms with Gasteiger partial charge in [0.15, 0.2) is 5.88 Å². The minimum atomic E-state index is 0.252. The Morgan fingerprint density at radius 2 is 2.56 bits per heavy atom. The SMILES string of the molecule is C=C(N)OC1CCNC1. The summed E-state index contributed by atoms with van der Waals surface area (Å²) >= 11 is 0. The zero-order valence-electron chi connectivity index (χ0n) is 5.39. The van der Waals surface area contributed by atoms with Crippen molar-refractivity contribution < 1.29 is 4.74 Å². The average molecular weight is 128 g/mol. The minimum absolute atomic E-state index is 0.252. The molecule has 0 aromatic heterocycles. The fourth-order valence-electron chi connectivity index (χ4n) is 0.943. The predicted molar refractivity (Wildman–Crippen MR) is 35.7 cm³/mol. The second kappa shape index (κ2) is 2.73. The Balaban J connectivity index is 2.19. The van der Waals surface area contributed by atoms with Gasteiger partial charge in [0.05, 0.1) is 0 Å². The first-order valence-corrected chi connectivity index (χ1v) is 3.11. The number of ether oxygens (including phenoxy) is 1. The highest BCUT2D eigenvalue weighted by Gasteiger charge is 2.14. The van der Waals surface area contributed by atoms with Gasteiger partial charge in [0.2, 0.25) is 0 Å². The third-order valence-corrected chi connectivity index (χ3v) is 1.33. The first kappa shape index (κ1) is 6.42. The molecule has 0 aromatic rings. The molecule has 0 aliphatic carbocycles. The van der Waals surface area contributed by atoms with Crippen molar-refractivity contribution in [3.63, 3.8) is 0 Å². The number of nitrogens with one attached hydrogen (secondary N) is 1. The summed E-state index contributed by atoms with van der Waals surface area (Å²) < 4.78 is 5.13. The van der Waals surface area contributed by atoms with Gasteiger partial charge in [0.25, 0.3) is 0 Å². The largest absolute Gasteiger partial charge is 0.475 e. The molecule has 0 bridgehead atoms. The molecule has 1 aliphatic rings. The van der Waals surface area contributed by atoms with Crippen LogP contribution in [0, 0.1) is 0 Å². The summed E-state index contributed by atoms with van der Waals surface area (Å²) in [7, 11) is 0. The zero-order valence-corrected chi connectivity index (χ0v) is 5.39. The van der Waals surface area contributed by atoms with Gasteiger partial charge >= 0.3 is 0 Å². The summed E-state index contributed by atoms with van der Waals surface area (Å²) in [6.45, 7) is 5.37. The molecular formula is C6H12N2O. The monoisotopic (exact) mass is 128 g/mol. The lowest BCUT2D eigenvalue weighted by Gasteiger charge is -2.09. The van der Waals surface area contributed by atoms with Gasteiger partial charge in [-0.25, -0.2) is 0 Å². The van der Waals surface area contributed by atoms with Gasteiger partial charge in [-0.1, -0.05) is 0 Å². The van der Waals surface area contributed by atoms with Crippen molar-refractivity contribution in [2.75, 3.05) is 13.1 Å². The van der Waals surface area contributed by atoms with E-state index in [1.54, 1.807) is 0 Å². The van der Waals surface area contributed by atoms with Gasteiger partial charge < -0.3 is 15.8 Å². The molecule has 0 aromatic carbocycles. The van der Waals surface area contributed by atoms with E-state index in [1.165, 1.54) is 0 Å². The first-order valence-electron chi connectivity index (χ1n) is 3.11. The number of hydrogen-bond acceptors (Lipinski definition) is 3. The average Bonchev–Trinajstić information content (AvgIpc) is 2.15. The van der Waals surface area contributed by atoms with Gasteiger partial charge in [-0.15, -0.1) is 0 Å².